The minimum atomic E-state index is -0.101. The summed E-state index contributed by atoms with van der Waals surface area (Å²) in [7, 11) is 1.78. The second-order valence-electron chi connectivity index (χ2n) is 6.84. The van der Waals surface area contributed by atoms with Crippen LogP contribution in [0.3, 0.4) is 0 Å². The van der Waals surface area contributed by atoms with E-state index in [0.29, 0.717) is 29.9 Å². The van der Waals surface area contributed by atoms with Crippen LogP contribution in [0, 0.1) is 6.92 Å². The molecule has 0 bridgehead atoms. The number of aromatic nitrogens is 3. The smallest absolute Gasteiger partial charge is 0.276 e. The summed E-state index contributed by atoms with van der Waals surface area (Å²) >= 11 is 5.94. The molecule has 1 aromatic heterocycles. The number of hydrogen-bond donors (Lipinski definition) is 1. The van der Waals surface area contributed by atoms with Gasteiger partial charge in [-0.15, -0.1) is 5.10 Å². The number of halogens is 1. The molecular formula is C19H26ClN5O2. The molecule has 2 heterocycles. The number of rotatable bonds is 7. The topological polar surface area (TPSA) is 72.3 Å². The largest absolute Gasteiger partial charge is 0.493 e. The van der Waals surface area contributed by atoms with E-state index in [1.807, 2.05) is 23.7 Å². The summed E-state index contributed by atoms with van der Waals surface area (Å²) in [6.07, 6.45) is 2.74. The van der Waals surface area contributed by atoms with E-state index in [9.17, 15) is 4.79 Å². The molecule has 0 atom stereocenters. The minimum absolute atomic E-state index is 0.101. The lowest BCUT2D eigenvalue weighted by atomic mass is 10.1. The van der Waals surface area contributed by atoms with Crippen molar-refractivity contribution in [3.05, 3.63) is 40.7 Å². The first-order valence-electron chi connectivity index (χ1n) is 9.32. The predicted molar refractivity (Wildman–Crippen MR) is 104 cm³/mol. The summed E-state index contributed by atoms with van der Waals surface area (Å²) in [5, 5.41) is 12.4. The fourth-order valence-electron chi connectivity index (χ4n) is 3.27. The van der Waals surface area contributed by atoms with Crippen molar-refractivity contribution in [2.24, 2.45) is 0 Å². The van der Waals surface area contributed by atoms with Gasteiger partial charge in [0.15, 0.2) is 5.69 Å². The molecule has 0 spiro atoms. The molecule has 1 aromatic carbocycles. The lowest BCUT2D eigenvalue weighted by molar-refractivity contribution is 0.0781. The number of amides is 1. The van der Waals surface area contributed by atoms with Gasteiger partial charge in [0.1, 0.15) is 5.75 Å². The first-order chi connectivity index (χ1) is 13.1. The van der Waals surface area contributed by atoms with Gasteiger partial charge in [-0.3, -0.25) is 4.79 Å². The summed E-state index contributed by atoms with van der Waals surface area (Å²) in [6, 6.07) is 7.61. The van der Waals surface area contributed by atoms with E-state index in [-0.39, 0.29) is 5.91 Å². The highest BCUT2D eigenvalue weighted by molar-refractivity contribution is 6.30. The second kappa shape index (κ2) is 9.19. The molecule has 1 saturated heterocycles. The highest BCUT2D eigenvalue weighted by atomic mass is 35.5. The third kappa shape index (κ3) is 4.99. The van der Waals surface area contributed by atoms with Crippen molar-refractivity contribution in [3.8, 4) is 5.75 Å². The molecule has 0 saturated carbocycles. The summed E-state index contributed by atoms with van der Waals surface area (Å²) in [6.45, 7) is 4.96. The molecule has 146 valence electrons. The molecule has 8 heteroatoms. The van der Waals surface area contributed by atoms with Crippen LogP contribution in [0.1, 0.15) is 41.5 Å². The van der Waals surface area contributed by atoms with Crippen molar-refractivity contribution in [2.45, 2.75) is 32.2 Å². The lowest BCUT2D eigenvalue weighted by Crippen LogP contribution is -2.31. The van der Waals surface area contributed by atoms with Crippen molar-refractivity contribution in [1.82, 2.24) is 25.2 Å². The van der Waals surface area contributed by atoms with Gasteiger partial charge in [0.25, 0.3) is 5.91 Å². The molecular weight excluding hydrogens is 366 g/mol. The Kier molecular flexibility index (Phi) is 6.68. The molecule has 3 rings (SSSR count). The van der Waals surface area contributed by atoms with Gasteiger partial charge in [0, 0.05) is 18.6 Å². The maximum atomic E-state index is 12.7. The van der Waals surface area contributed by atoms with E-state index < -0.39 is 0 Å². The maximum absolute atomic E-state index is 12.7. The van der Waals surface area contributed by atoms with Crippen molar-refractivity contribution < 1.29 is 9.53 Å². The Labute approximate surface area is 164 Å². The molecule has 7 nitrogen and oxygen atoms in total. The molecule has 27 heavy (non-hydrogen) atoms. The van der Waals surface area contributed by atoms with E-state index in [1.54, 1.807) is 24.1 Å². The number of nitrogens with one attached hydrogen (secondary N) is 1. The highest BCUT2D eigenvalue weighted by Crippen LogP contribution is 2.21. The SMILES string of the molecule is Cc1c(C(=O)N(C)CCCOc2cccc(Cl)c2)nnn1C1CCNCC1. The summed E-state index contributed by atoms with van der Waals surface area (Å²) in [5.41, 5.74) is 1.28. The van der Waals surface area contributed by atoms with Gasteiger partial charge in [-0.1, -0.05) is 22.9 Å². The average Bonchev–Trinajstić information content (AvgIpc) is 3.06. The molecule has 1 fully saturated rings. The fraction of sp³-hybridized carbons (Fsp3) is 0.526. The number of ether oxygens (including phenoxy) is 1. The third-order valence-corrected chi connectivity index (χ3v) is 5.07. The number of carbonyl (C=O) groups excluding carboxylic acids is 1. The van der Waals surface area contributed by atoms with Crippen LogP contribution in [0.5, 0.6) is 5.75 Å². The zero-order valence-corrected chi connectivity index (χ0v) is 16.6. The second-order valence-corrected chi connectivity index (χ2v) is 7.27. The van der Waals surface area contributed by atoms with E-state index in [1.165, 1.54) is 0 Å². The van der Waals surface area contributed by atoms with Crippen LogP contribution < -0.4 is 10.1 Å². The van der Waals surface area contributed by atoms with Crippen molar-refractivity contribution >= 4 is 17.5 Å². The zero-order valence-electron chi connectivity index (χ0n) is 15.8. The molecule has 1 N–H and O–H groups in total. The van der Waals surface area contributed by atoms with Crippen molar-refractivity contribution in [1.29, 1.82) is 0 Å². The Morgan fingerprint density at radius 2 is 2.19 bits per heavy atom. The standard InChI is InChI=1S/C19H26ClN5O2/c1-14-18(22-23-25(14)16-7-9-21-10-8-16)19(26)24(2)11-4-12-27-17-6-3-5-15(20)13-17/h3,5-6,13,16,21H,4,7-12H2,1-2H3. The monoisotopic (exact) mass is 391 g/mol. The minimum Gasteiger partial charge on any atom is -0.493 e. The normalized spacial score (nSPS) is 14.9. The highest BCUT2D eigenvalue weighted by Gasteiger charge is 2.24. The first-order valence-corrected chi connectivity index (χ1v) is 9.70. The Bertz CT molecular complexity index is 773. The quantitative estimate of drug-likeness (QED) is 0.735. The van der Waals surface area contributed by atoms with Gasteiger partial charge in [0.05, 0.1) is 18.3 Å². The number of hydrogen-bond acceptors (Lipinski definition) is 5. The Morgan fingerprint density at radius 3 is 2.93 bits per heavy atom. The summed E-state index contributed by atoms with van der Waals surface area (Å²) in [5.74, 6) is 0.632. The molecule has 2 aromatic rings. The van der Waals surface area contributed by atoms with Gasteiger partial charge in [-0.2, -0.15) is 0 Å². The number of carbonyl (C=O) groups is 1. The molecule has 0 radical (unpaired) electrons. The van der Waals surface area contributed by atoms with Crippen LogP contribution in [0.25, 0.3) is 0 Å². The summed E-state index contributed by atoms with van der Waals surface area (Å²) in [4.78, 5) is 14.4. The molecule has 1 amide bonds. The van der Waals surface area contributed by atoms with Crippen LogP contribution in [0.4, 0.5) is 0 Å². The number of benzene rings is 1. The zero-order chi connectivity index (χ0) is 19.2. The van der Waals surface area contributed by atoms with Crippen LogP contribution in [-0.4, -0.2) is 59.1 Å². The van der Waals surface area contributed by atoms with Gasteiger partial charge >= 0.3 is 0 Å². The average molecular weight is 392 g/mol. The lowest BCUT2D eigenvalue weighted by Gasteiger charge is -2.23. The van der Waals surface area contributed by atoms with E-state index in [0.717, 1.165) is 43.8 Å². The van der Waals surface area contributed by atoms with Gasteiger partial charge in [-0.05, 0) is 57.5 Å². The van der Waals surface area contributed by atoms with E-state index in [4.69, 9.17) is 16.3 Å². The van der Waals surface area contributed by atoms with Crippen LogP contribution in [0.2, 0.25) is 5.02 Å². The van der Waals surface area contributed by atoms with Crippen molar-refractivity contribution in [2.75, 3.05) is 33.3 Å². The van der Waals surface area contributed by atoms with Gasteiger partial charge in [0.2, 0.25) is 0 Å². The Hall–Kier alpha value is -2.12. The van der Waals surface area contributed by atoms with Crippen LogP contribution in [-0.2, 0) is 0 Å². The fourth-order valence-corrected chi connectivity index (χ4v) is 3.45. The Morgan fingerprint density at radius 1 is 1.41 bits per heavy atom. The molecule has 0 aliphatic carbocycles. The predicted octanol–water partition coefficient (Wildman–Crippen LogP) is 2.71. The summed E-state index contributed by atoms with van der Waals surface area (Å²) < 4.78 is 7.58. The van der Waals surface area contributed by atoms with Crippen LogP contribution >= 0.6 is 11.6 Å². The maximum Gasteiger partial charge on any atom is 0.276 e. The Balaban J connectivity index is 1.50. The first kappa shape index (κ1) is 19.6. The van der Waals surface area contributed by atoms with Crippen LogP contribution in [0.15, 0.2) is 24.3 Å². The van der Waals surface area contributed by atoms with Gasteiger partial charge in [-0.25, -0.2) is 4.68 Å². The molecule has 1 aliphatic heterocycles. The van der Waals surface area contributed by atoms with E-state index >= 15 is 0 Å². The molecule has 0 unspecified atom stereocenters. The molecule has 1 aliphatic rings. The third-order valence-electron chi connectivity index (χ3n) is 4.83. The number of piperidine rings is 1. The van der Waals surface area contributed by atoms with Gasteiger partial charge < -0.3 is 15.0 Å². The van der Waals surface area contributed by atoms with E-state index in [2.05, 4.69) is 15.6 Å². The number of nitrogens with zero attached hydrogens (tertiary/aromatic N) is 4. The van der Waals surface area contributed by atoms with Crippen molar-refractivity contribution in [3.63, 3.8) is 0 Å².